The van der Waals surface area contributed by atoms with E-state index in [1.165, 1.54) is 25.9 Å². The minimum Gasteiger partial charge on any atom is -0.497 e. The second kappa shape index (κ2) is 8.86. The molecule has 2 atom stereocenters. The largest absolute Gasteiger partial charge is 0.497 e. The van der Waals surface area contributed by atoms with Crippen molar-refractivity contribution in [1.29, 1.82) is 0 Å². The van der Waals surface area contributed by atoms with Crippen LogP contribution < -0.4 is 14.2 Å². The molecule has 162 valence electrons. The highest BCUT2D eigenvalue weighted by Gasteiger charge is 2.40. The SMILES string of the molecule is COc1ccc2c(c1)O[C@@H](c1ccc(OCCCN3CCCC3)cc1)[C@H](C)S2(=O)=O. The number of fused-ring (bicyclic) bond motifs is 1. The van der Waals surface area contributed by atoms with E-state index in [2.05, 4.69) is 4.90 Å². The minimum absolute atomic E-state index is 0.213. The lowest BCUT2D eigenvalue weighted by Crippen LogP contribution is -2.34. The number of rotatable bonds is 7. The molecule has 2 aliphatic heterocycles. The second-order valence-electron chi connectivity index (χ2n) is 7.92. The summed E-state index contributed by atoms with van der Waals surface area (Å²) in [4.78, 5) is 2.69. The molecule has 0 amide bonds. The van der Waals surface area contributed by atoms with Crippen molar-refractivity contribution in [3.8, 4) is 17.2 Å². The molecule has 0 saturated carbocycles. The quantitative estimate of drug-likeness (QED) is 0.621. The van der Waals surface area contributed by atoms with E-state index < -0.39 is 21.2 Å². The number of methoxy groups -OCH3 is 1. The number of sulfone groups is 1. The Bertz CT molecular complexity index is 968. The third-order valence-electron chi connectivity index (χ3n) is 5.92. The zero-order valence-electron chi connectivity index (χ0n) is 17.5. The summed E-state index contributed by atoms with van der Waals surface area (Å²) < 4.78 is 43.2. The monoisotopic (exact) mass is 431 g/mol. The Morgan fingerprint density at radius 2 is 1.77 bits per heavy atom. The molecule has 0 N–H and O–H groups in total. The van der Waals surface area contributed by atoms with Crippen LogP contribution in [0.15, 0.2) is 47.4 Å². The number of likely N-dealkylation sites (tertiary alicyclic amines) is 1. The third-order valence-corrected chi connectivity index (χ3v) is 8.10. The maximum Gasteiger partial charge on any atom is 0.188 e. The molecule has 0 aromatic heterocycles. The van der Waals surface area contributed by atoms with Gasteiger partial charge in [0.2, 0.25) is 0 Å². The minimum atomic E-state index is -3.50. The van der Waals surface area contributed by atoms with Crippen molar-refractivity contribution >= 4 is 9.84 Å². The topological polar surface area (TPSA) is 65.1 Å². The van der Waals surface area contributed by atoms with Crippen LogP contribution >= 0.6 is 0 Å². The zero-order valence-corrected chi connectivity index (χ0v) is 18.4. The summed E-state index contributed by atoms with van der Waals surface area (Å²) in [5.74, 6) is 1.68. The molecule has 4 rings (SSSR count). The molecule has 1 saturated heterocycles. The molecule has 2 aromatic rings. The first-order chi connectivity index (χ1) is 14.5. The fraction of sp³-hybridized carbons (Fsp3) is 0.478. The fourth-order valence-electron chi connectivity index (χ4n) is 4.12. The van der Waals surface area contributed by atoms with Crippen LogP contribution in [0.3, 0.4) is 0 Å². The smallest absolute Gasteiger partial charge is 0.188 e. The van der Waals surface area contributed by atoms with Crippen molar-refractivity contribution in [1.82, 2.24) is 4.90 Å². The molecule has 30 heavy (non-hydrogen) atoms. The van der Waals surface area contributed by atoms with E-state index in [0.717, 1.165) is 24.3 Å². The van der Waals surface area contributed by atoms with Gasteiger partial charge in [0, 0.05) is 12.6 Å². The van der Waals surface area contributed by atoms with Crippen LogP contribution in [-0.2, 0) is 9.84 Å². The van der Waals surface area contributed by atoms with Gasteiger partial charge in [-0.1, -0.05) is 12.1 Å². The molecule has 0 bridgehead atoms. The Balaban J connectivity index is 1.43. The van der Waals surface area contributed by atoms with Crippen molar-refractivity contribution in [3.05, 3.63) is 48.0 Å². The average molecular weight is 432 g/mol. The van der Waals surface area contributed by atoms with Gasteiger partial charge in [-0.05, 0) is 69.1 Å². The molecule has 0 radical (unpaired) electrons. The molecule has 1 fully saturated rings. The van der Waals surface area contributed by atoms with Gasteiger partial charge in [0.15, 0.2) is 9.84 Å². The van der Waals surface area contributed by atoms with Gasteiger partial charge in [0.1, 0.15) is 33.5 Å². The van der Waals surface area contributed by atoms with Crippen LogP contribution in [0, 0.1) is 0 Å². The molecule has 0 unspecified atom stereocenters. The van der Waals surface area contributed by atoms with Gasteiger partial charge in [0.25, 0.3) is 0 Å². The normalized spacial score (nSPS) is 22.9. The molecule has 0 aliphatic carbocycles. The van der Waals surface area contributed by atoms with E-state index >= 15 is 0 Å². The first kappa shape index (κ1) is 21.0. The van der Waals surface area contributed by atoms with E-state index in [1.54, 1.807) is 32.2 Å². The van der Waals surface area contributed by atoms with Crippen LogP contribution in [-0.4, -0.2) is 51.9 Å². The lowest BCUT2D eigenvalue weighted by Gasteiger charge is -2.31. The van der Waals surface area contributed by atoms with Crippen LogP contribution in [0.2, 0.25) is 0 Å². The van der Waals surface area contributed by atoms with Crippen molar-refractivity contribution in [2.45, 2.75) is 42.4 Å². The highest BCUT2D eigenvalue weighted by atomic mass is 32.2. The molecule has 2 aromatic carbocycles. The van der Waals surface area contributed by atoms with Gasteiger partial charge < -0.3 is 19.1 Å². The van der Waals surface area contributed by atoms with Gasteiger partial charge in [-0.25, -0.2) is 8.42 Å². The second-order valence-corrected chi connectivity index (χ2v) is 10.2. The highest BCUT2D eigenvalue weighted by molar-refractivity contribution is 7.92. The Morgan fingerprint density at radius 1 is 1.07 bits per heavy atom. The Hall–Kier alpha value is -2.25. The molecule has 0 spiro atoms. The standard InChI is InChI=1S/C23H29NO5S/c1-17-23(29-21-16-20(27-2)10-11-22(21)30(17,25)26)18-6-8-19(9-7-18)28-15-5-14-24-12-3-4-13-24/h6-11,16-17,23H,3-5,12-15H2,1-2H3/t17-,23+/m0/s1. The van der Waals surface area contributed by atoms with Crippen molar-refractivity contribution in [2.24, 2.45) is 0 Å². The lowest BCUT2D eigenvalue weighted by atomic mass is 10.1. The Labute approximate surface area is 178 Å². The number of ether oxygens (including phenoxy) is 3. The predicted molar refractivity (Wildman–Crippen MR) is 115 cm³/mol. The summed E-state index contributed by atoms with van der Waals surface area (Å²) in [6.45, 7) is 5.84. The molecule has 7 heteroatoms. The summed E-state index contributed by atoms with van der Waals surface area (Å²) in [7, 11) is -1.95. The predicted octanol–water partition coefficient (Wildman–Crippen LogP) is 3.86. The average Bonchev–Trinajstić information content (AvgIpc) is 3.28. The summed E-state index contributed by atoms with van der Waals surface area (Å²) in [6.07, 6.45) is 3.02. The van der Waals surface area contributed by atoms with Crippen LogP contribution in [0.4, 0.5) is 0 Å². The van der Waals surface area contributed by atoms with E-state index in [-0.39, 0.29) is 4.90 Å². The fourth-order valence-corrected chi connectivity index (χ4v) is 5.70. The Morgan fingerprint density at radius 3 is 2.47 bits per heavy atom. The summed E-state index contributed by atoms with van der Waals surface area (Å²) in [6, 6.07) is 12.4. The number of hydrogen-bond acceptors (Lipinski definition) is 6. The molecular weight excluding hydrogens is 402 g/mol. The summed E-state index contributed by atoms with van der Waals surface area (Å²) in [5, 5.41) is -0.689. The number of hydrogen-bond donors (Lipinski definition) is 0. The van der Waals surface area contributed by atoms with Crippen molar-refractivity contribution in [3.63, 3.8) is 0 Å². The zero-order chi connectivity index (χ0) is 21.1. The van der Waals surface area contributed by atoms with Crippen LogP contribution in [0.5, 0.6) is 17.2 Å². The number of nitrogens with zero attached hydrogens (tertiary/aromatic N) is 1. The van der Waals surface area contributed by atoms with E-state index in [4.69, 9.17) is 14.2 Å². The van der Waals surface area contributed by atoms with Crippen LogP contribution in [0.1, 0.15) is 37.9 Å². The lowest BCUT2D eigenvalue weighted by molar-refractivity contribution is 0.188. The maximum absolute atomic E-state index is 13.0. The first-order valence-corrected chi connectivity index (χ1v) is 12.1. The molecule has 2 heterocycles. The summed E-state index contributed by atoms with van der Waals surface area (Å²) in [5.41, 5.74) is 0.809. The van der Waals surface area contributed by atoms with Gasteiger partial charge in [-0.3, -0.25) is 0 Å². The Kier molecular flexibility index (Phi) is 6.20. The van der Waals surface area contributed by atoms with Gasteiger partial charge in [-0.2, -0.15) is 0 Å². The maximum atomic E-state index is 13.0. The first-order valence-electron chi connectivity index (χ1n) is 10.5. The molecule has 2 aliphatic rings. The van der Waals surface area contributed by atoms with Gasteiger partial charge in [0.05, 0.1) is 13.7 Å². The molecular formula is C23H29NO5S. The third kappa shape index (κ3) is 4.27. The van der Waals surface area contributed by atoms with E-state index in [9.17, 15) is 8.42 Å². The highest BCUT2D eigenvalue weighted by Crippen LogP contribution is 2.42. The van der Waals surface area contributed by atoms with E-state index in [1.807, 2.05) is 24.3 Å². The summed E-state index contributed by atoms with van der Waals surface area (Å²) >= 11 is 0. The van der Waals surface area contributed by atoms with Gasteiger partial charge in [-0.15, -0.1) is 0 Å². The van der Waals surface area contributed by atoms with Crippen LogP contribution in [0.25, 0.3) is 0 Å². The van der Waals surface area contributed by atoms with E-state index in [0.29, 0.717) is 18.1 Å². The molecule has 6 nitrogen and oxygen atoms in total. The number of benzene rings is 2. The van der Waals surface area contributed by atoms with Gasteiger partial charge >= 0.3 is 0 Å². The van der Waals surface area contributed by atoms with Crippen molar-refractivity contribution < 1.29 is 22.6 Å². The van der Waals surface area contributed by atoms with Crippen molar-refractivity contribution in [2.75, 3.05) is 33.4 Å².